The summed E-state index contributed by atoms with van der Waals surface area (Å²) in [5.41, 5.74) is 0. The minimum absolute atomic E-state index is 0.219. The number of rotatable bonds is 1. The molecule has 1 atom stereocenters. The Balaban J connectivity index is 2.76. The van der Waals surface area contributed by atoms with Crippen molar-refractivity contribution in [1.29, 1.82) is 0 Å². The van der Waals surface area contributed by atoms with Gasteiger partial charge in [0.25, 0.3) is 0 Å². The third-order valence-corrected chi connectivity index (χ3v) is 2.17. The van der Waals surface area contributed by atoms with Gasteiger partial charge in [-0.3, -0.25) is 4.99 Å². The third-order valence-electron chi connectivity index (χ3n) is 1.32. The number of halogens is 1. The van der Waals surface area contributed by atoms with Gasteiger partial charge in [0.05, 0.1) is 6.21 Å². The lowest BCUT2D eigenvalue weighted by Gasteiger charge is -2.18. The first-order valence-corrected chi connectivity index (χ1v) is 3.72. The van der Waals surface area contributed by atoms with Gasteiger partial charge in [-0.05, 0) is 6.08 Å². The van der Waals surface area contributed by atoms with Gasteiger partial charge in [0.15, 0.2) is 0 Å². The van der Waals surface area contributed by atoms with Crippen LogP contribution in [-0.4, -0.2) is 15.8 Å². The zero-order valence-electron chi connectivity index (χ0n) is 5.42. The van der Waals surface area contributed by atoms with Crippen LogP contribution in [0.4, 0.5) is 0 Å². The molecular formula is C7H8BrNO. The monoisotopic (exact) mass is 201 g/mol. The van der Waals surface area contributed by atoms with E-state index in [0.717, 1.165) is 0 Å². The molecule has 1 N–H and O–H groups in total. The van der Waals surface area contributed by atoms with Crippen LogP contribution in [0.25, 0.3) is 0 Å². The molecule has 2 nitrogen and oxygen atoms in total. The molecule has 0 radical (unpaired) electrons. The molecule has 0 bridgehead atoms. The normalized spacial score (nSPS) is 31.5. The first-order chi connectivity index (χ1) is 4.66. The molecule has 0 amide bonds. The molecule has 3 heteroatoms. The van der Waals surface area contributed by atoms with Crippen LogP contribution in [0, 0.1) is 0 Å². The van der Waals surface area contributed by atoms with Crippen molar-refractivity contribution >= 4 is 22.1 Å². The van der Waals surface area contributed by atoms with E-state index < -0.39 is 0 Å². The fourth-order valence-electron chi connectivity index (χ4n) is 0.663. The lowest BCUT2D eigenvalue weighted by molar-refractivity contribution is 0.438. The van der Waals surface area contributed by atoms with Crippen LogP contribution < -0.4 is 0 Å². The maximum atomic E-state index is 8.89. The Morgan fingerprint density at radius 2 is 2.60 bits per heavy atom. The highest BCUT2D eigenvalue weighted by molar-refractivity contribution is 9.10. The highest BCUT2D eigenvalue weighted by Gasteiger charge is 2.21. The summed E-state index contributed by atoms with van der Waals surface area (Å²) in [5.74, 6) is 0.219. The van der Waals surface area contributed by atoms with Gasteiger partial charge in [-0.25, -0.2) is 0 Å². The lowest BCUT2D eigenvalue weighted by atomic mass is 10.1. The van der Waals surface area contributed by atoms with Crippen molar-refractivity contribution in [3.05, 3.63) is 24.5 Å². The first kappa shape index (κ1) is 7.54. The molecule has 0 saturated heterocycles. The maximum Gasteiger partial charge on any atom is 0.136 e. The van der Waals surface area contributed by atoms with Gasteiger partial charge in [-0.2, -0.15) is 0 Å². The smallest absolute Gasteiger partial charge is 0.136 e. The van der Waals surface area contributed by atoms with Gasteiger partial charge in [0.1, 0.15) is 10.2 Å². The van der Waals surface area contributed by atoms with Gasteiger partial charge in [0.2, 0.25) is 0 Å². The second-order valence-corrected chi connectivity index (χ2v) is 3.49. The Bertz CT molecular complexity index is 210. The first-order valence-electron chi connectivity index (χ1n) is 2.93. The van der Waals surface area contributed by atoms with Gasteiger partial charge in [-0.15, -0.1) is 0 Å². The second-order valence-electron chi connectivity index (χ2n) is 2.11. The zero-order chi connectivity index (χ0) is 7.61. The topological polar surface area (TPSA) is 32.6 Å². The summed E-state index contributed by atoms with van der Waals surface area (Å²) in [6, 6.07) is 0. The molecular weight excluding hydrogens is 194 g/mol. The Morgan fingerprint density at radius 3 is 3.00 bits per heavy atom. The Morgan fingerprint density at radius 1 is 1.90 bits per heavy atom. The highest BCUT2D eigenvalue weighted by atomic mass is 79.9. The molecule has 0 aromatic carbocycles. The minimum atomic E-state index is -0.390. The third kappa shape index (κ3) is 1.48. The number of aliphatic hydroxyl groups is 1. The molecule has 10 heavy (non-hydrogen) atoms. The quantitative estimate of drug-likeness (QED) is 0.394. The highest BCUT2D eigenvalue weighted by Crippen LogP contribution is 2.28. The lowest BCUT2D eigenvalue weighted by Crippen LogP contribution is -2.16. The molecule has 0 aliphatic carbocycles. The number of aliphatic hydroxyl groups excluding tert-OH is 1. The van der Waals surface area contributed by atoms with Gasteiger partial charge < -0.3 is 5.11 Å². The molecule has 1 aliphatic heterocycles. The molecule has 0 unspecified atom stereocenters. The minimum Gasteiger partial charge on any atom is -0.507 e. The average molecular weight is 202 g/mol. The fraction of sp³-hybridized carbons (Fsp3) is 0.286. The summed E-state index contributed by atoms with van der Waals surface area (Å²) in [7, 11) is 0. The van der Waals surface area contributed by atoms with Gasteiger partial charge in [0, 0.05) is 6.42 Å². The van der Waals surface area contributed by atoms with Crippen LogP contribution in [0.3, 0.4) is 0 Å². The number of allylic oxidation sites excluding steroid dienone is 1. The summed E-state index contributed by atoms with van der Waals surface area (Å²) in [6.07, 6.45) is 5.47. The van der Waals surface area contributed by atoms with E-state index >= 15 is 0 Å². The fourth-order valence-corrected chi connectivity index (χ4v) is 0.927. The van der Waals surface area contributed by atoms with Crippen LogP contribution in [0.15, 0.2) is 29.5 Å². The molecule has 0 fully saturated rings. The summed E-state index contributed by atoms with van der Waals surface area (Å²) in [5, 5.41) is 8.89. The number of dihydropyridines is 1. The van der Waals surface area contributed by atoms with Crippen molar-refractivity contribution in [2.75, 3.05) is 0 Å². The van der Waals surface area contributed by atoms with Crippen molar-refractivity contribution in [2.24, 2.45) is 4.99 Å². The van der Waals surface area contributed by atoms with E-state index in [-0.39, 0.29) is 10.2 Å². The van der Waals surface area contributed by atoms with Crippen molar-refractivity contribution in [3.63, 3.8) is 0 Å². The van der Waals surface area contributed by atoms with Crippen LogP contribution in [0.1, 0.15) is 6.42 Å². The van der Waals surface area contributed by atoms with E-state index in [1.807, 2.05) is 0 Å². The summed E-state index contributed by atoms with van der Waals surface area (Å²) in [6.45, 7) is 3.61. The van der Waals surface area contributed by atoms with Gasteiger partial charge >= 0.3 is 0 Å². The number of aliphatic imine (C=N–C) groups is 1. The van der Waals surface area contributed by atoms with Crippen molar-refractivity contribution in [1.82, 2.24) is 0 Å². The maximum absolute atomic E-state index is 8.89. The van der Waals surface area contributed by atoms with Gasteiger partial charge in [-0.1, -0.05) is 28.6 Å². The number of nitrogens with zero attached hydrogens (tertiary/aromatic N) is 1. The predicted octanol–water partition coefficient (Wildman–Crippen LogP) is 2.18. The molecule has 0 aromatic heterocycles. The molecule has 54 valence electrons. The van der Waals surface area contributed by atoms with Crippen LogP contribution in [0.5, 0.6) is 0 Å². The summed E-state index contributed by atoms with van der Waals surface area (Å²) < 4.78 is -0.390. The SMILES string of the molecule is C=C[C@@]1(Br)CC=C(O)C=N1. The Hall–Kier alpha value is -0.570. The van der Waals surface area contributed by atoms with Crippen LogP contribution in [0.2, 0.25) is 0 Å². The molecule has 0 saturated carbocycles. The number of hydrogen-bond acceptors (Lipinski definition) is 2. The van der Waals surface area contributed by atoms with Crippen molar-refractivity contribution < 1.29 is 5.11 Å². The molecule has 1 aliphatic rings. The molecule has 0 aromatic rings. The van der Waals surface area contributed by atoms with E-state index in [9.17, 15) is 0 Å². The zero-order valence-corrected chi connectivity index (χ0v) is 7.00. The van der Waals surface area contributed by atoms with Crippen molar-refractivity contribution in [3.8, 4) is 0 Å². The van der Waals surface area contributed by atoms with Crippen LogP contribution in [-0.2, 0) is 0 Å². The summed E-state index contributed by atoms with van der Waals surface area (Å²) in [4.78, 5) is 4.02. The van der Waals surface area contributed by atoms with E-state index in [2.05, 4.69) is 27.5 Å². The Kier molecular flexibility index (Phi) is 1.94. The molecule has 0 spiro atoms. The number of hydrogen-bond donors (Lipinski definition) is 1. The molecule has 1 rings (SSSR count). The van der Waals surface area contributed by atoms with Crippen LogP contribution >= 0.6 is 15.9 Å². The average Bonchev–Trinajstić information content (AvgIpc) is 1.96. The number of alkyl halides is 1. The summed E-state index contributed by atoms with van der Waals surface area (Å²) >= 11 is 3.35. The predicted molar refractivity (Wildman–Crippen MR) is 45.7 cm³/mol. The Labute approximate surface area is 68.1 Å². The second kappa shape index (κ2) is 2.58. The van der Waals surface area contributed by atoms with E-state index in [0.29, 0.717) is 6.42 Å². The van der Waals surface area contributed by atoms with Crippen molar-refractivity contribution in [2.45, 2.75) is 10.9 Å². The van der Waals surface area contributed by atoms with E-state index in [1.54, 1.807) is 12.2 Å². The standard InChI is InChI=1S/C7H8BrNO/c1-2-7(8)4-3-6(10)5-9-7/h2-3,5,10H,1,4H2/t7-/m0/s1. The largest absolute Gasteiger partial charge is 0.507 e. The van der Waals surface area contributed by atoms with E-state index in [1.165, 1.54) is 6.21 Å². The van der Waals surface area contributed by atoms with E-state index in [4.69, 9.17) is 5.11 Å². The molecule has 1 heterocycles.